The van der Waals surface area contributed by atoms with Crippen molar-refractivity contribution >= 4 is 35.9 Å². The van der Waals surface area contributed by atoms with E-state index in [2.05, 4.69) is 20.4 Å². The summed E-state index contributed by atoms with van der Waals surface area (Å²) >= 11 is 0. The number of hydrogen-bond acceptors (Lipinski definition) is 4. The number of ether oxygens (including phenoxy) is 2. The Kier molecular flexibility index (Phi) is 14.6. The van der Waals surface area contributed by atoms with Crippen molar-refractivity contribution in [3.05, 3.63) is 30.1 Å². The third kappa shape index (κ3) is 12.4. The molecule has 6 nitrogen and oxygen atoms in total. The number of unbranched alkanes of at least 4 members (excludes halogenated alkanes) is 2. The predicted octanol–water partition coefficient (Wildman–Crippen LogP) is 3.50. The van der Waals surface area contributed by atoms with Crippen molar-refractivity contribution in [2.75, 3.05) is 26.7 Å². The summed E-state index contributed by atoms with van der Waals surface area (Å²) in [6.45, 7) is 5.95. The Morgan fingerprint density at radius 3 is 2.52 bits per heavy atom. The summed E-state index contributed by atoms with van der Waals surface area (Å²) in [6, 6.07) is 5.95. The number of benzene rings is 1. The van der Waals surface area contributed by atoms with Crippen LogP contribution in [0.3, 0.4) is 0 Å². The minimum atomic E-state index is -0.284. The molecule has 1 rings (SSSR count). The highest BCUT2D eigenvalue weighted by molar-refractivity contribution is 14.0. The first-order valence-corrected chi connectivity index (χ1v) is 9.06. The lowest BCUT2D eigenvalue weighted by Gasteiger charge is -2.15. The van der Waals surface area contributed by atoms with Crippen LogP contribution in [0.1, 0.15) is 39.5 Å². The van der Waals surface area contributed by atoms with Gasteiger partial charge in [0.2, 0.25) is 0 Å². The van der Waals surface area contributed by atoms with Gasteiger partial charge in [0.15, 0.2) is 5.96 Å². The number of carbonyl (C=O) groups excluding carboxylic acids is 1. The van der Waals surface area contributed by atoms with Crippen LogP contribution in [0.5, 0.6) is 5.75 Å². The van der Waals surface area contributed by atoms with Gasteiger partial charge in [0.25, 0.3) is 0 Å². The molecule has 0 amide bonds. The van der Waals surface area contributed by atoms with Gasteiger partial charge in [-0.1, -0.05) is 6.42 Å². The third-order valence-electron chi connectivity index (χ3n) is 3.58. The molecule has 0 spiro atoms. The number of guanidine groups is 1. The quantitative estimate of drug-likeness (QED) is 0.162. The van der Waals surface area contributed by atoms with Crippen molar-refractivity contribution in [1.29, 1.82) is 0 Å². The van der Waals surface area contributed by atoms with Gasteiger partial charge in [0.05, 0.1) is 13.7 Å². The second-order valence-electron chi connectivity index (χ2n) is 5.92. The highest BCUT2D eigenvalue weighted by atomic mass is 127. The molecule has 1 aromatic rings. The van der Waals surface area contributed by atoms with E-state index in [0.717, 1.165) is 38.3 Å². The summed E-state index contributed by atoms with van der Waals surface area (Å²) in [4.78, 5) is 15.5. The van der Waals surface area contributed by atoms with E-state index < -0.39 is 0 Å². The van der Waals surface area contributed by atoms with Crippen LogP contribution in [0.15, 0.2) is 29.3 Å². The maximum atomic E-state index is 12.9. The first-order valence-electron chi connectivity index (χ1n) is 9.06. The molecule has 2 N–H and O–H groups in total. The molecule has 1 unspecified atom stereocenters. The molecule has 0 aliphatic carbocycles. The smallest absolute Gasteiger partial charge is 0.305 e. The summed E-state index contributed by atoms with van der Waals surface area (Å²) in [7, 11) is 1.41. The zero-order valence-electron chi connectivity index (χ0n) is 16.3. The standard InChI is InChI=1S/C19H30FN3O3.HI/c1-4-21-19(22-13-7-5-6-8-18(24)25-3)23-14-15(2)26-17-11-9-16(20)10-12-17;/h9-12,15H,4-8,13-14H2,1-3H3,(H2,21,22,23);1H. The maximum absolute atomic E-state index is 12.9. The molecule has 0 aromatic heterocycles. The van der Waals surface area contributed by atoms with E-state index in [-0.39, 0.29) is 41.9 Å². The zero-order valence-corrected chi connectivity index (χ0v) is 18.6. The van der Waals surface area contributed by atoms with Gasteiger partial charge in [-0.3, -0.25) is 4.79 Å². The Morgan fingerprint density at radius 1 is 1.19 bits per heavy atom. The Balaban J connectivity index is 0.00000676. The van der Waals surface area contributed by atoms with E-state index in [9.17, 15) is 9.18 Å². The number of methoxy groups -OCH3 is 1. The van der Waals surface area contributed by atoms with Crippen LogP contribution < -0.4 is 15.4 Å². The average Bonchev–Trinajstić information content (AvgIpc) is 2.64. The molecule has 0 fully saturated rings. The van der Waals surface area contributed by atoms with E-state index in [4.69, 9.17) is 4.74 Å². The fraction of sp³-hybridized carbons (Fsp3) is 0.579. The minimum Gasteiger partial charge on any atom is -0.489 e. The number of aliphatic imine (C=N–C) groups is 1. The molecular formula is C19H31FIN3O3. The van der Waals surface area contributed by atoms with Gasteiger partial charge in [-0.15, -0.1) is 24.0 Å². The van der Waals surface area contributed by atoms with E-state index in [1.807, 2.05) is 13.8 Å². The van der Waals surface area contributed by atoms with E-state index >= 15 is 0 Å². The van der Waals surface area contributed by atoms with E-state index in [1.165, 1.54) is 19.2 Å². The average molecular weight is 495 g/mol. The minimum absolute atomic E-state index is 0. The summed E-state index contributed by atoms with van der Waals surface area (Å²) < 4.78 is 23.2. The molecule has 154 valence electrons. The third-order valence-corrected chi connectivity index (χ3v) is 3.58. The Morgan fingerprint density at radius 2 is 1.89 bits per heavy atom. The fourth-order valence-corrected chi connectivity index (χ4v) is 2.22. The predicted molar refractivity (Wildman–Crippen MR) is 116 cm³/mol. The zero-order chi connectivity index (χ0) is 19.2. The first kappa shape index (κ1) is 25.4. The fourth-order valence-electron chi connectivity index (χ4n) is 2.22. The van der Waals surface area contributed by atoms with Crippen molar-refractivity contribution < 1.29 is 18.7 Å². The van der Waals surface area contributed by atoms with Crippen LogP contribution in [0.25, 0.3) is 0 Å². The van der Waals surface area contributed by atoms with Crippen molar-refractivity contribution in [2.45, 2.75) is 45.6 Å². The molecule has 0 saturated heterocycles. The molecule has 27 heavy (non-hydrogen) atoms. The number of rotatable bonds is 11. The molecule has 8 heteroatoms. The largest absolute Gasteiger partial charge is 0.489 e. The molecule has 1 atom stereocenters. The van der Waals surface area contributed by atoms with Gasteiger partial charge in [0, 0.05) is 19.5 Å². The topological polar surface area (TPSA) is 72.0 Å². The SMILES string of the molecule is CCNC(=NCC(C)Oc1ccc(F)cc1)NCCCCCC(=O)OC.I. The molecule has 0 heterocycles. The van der Waals surface area contributed by atoms with Gasteiger partial charge in [0.1, 0.15) is 17.7 Å². The van der Waals surface area contributed by atoms with Gasteiger partial charge in [-0.2, -0.15) is 0 Å². The molecule has 0 saturated carbocycles. The molecule has 0 radical (unpaired) electrons. The van der Waals surface area contributed by atoms with Crippen LogP contribution in [-0.2, 0) is 9.53 Å². The summed E-state index contributed by atoms with van der Waals surface area (Å²) in [5.41, 5.74) is 0. The van der Waals surface area contributed by atoms with Crippen LogP contribution in [-0.4, -0.2) is 44.8 Å². The normalized spacial score (nSPS) is 11.9. The van der Waals surface area contributed by atoms with Gasteiger partial charge in [-0.25, -0.2) is 9.38 Å². The number of hydrogen-bond donors (Lipinski definition) is 2. The van der Waals surface area contributed by atoms with Gasteiger partial charge in [-0.05, 0) is 51.0 Å². The summed E-state index contributed by atoms with van der Waals surface area (Å²) in [6.07, 6.45) is 3.05. The van der Waals surface area contributed by atoms with Crippen molar-refractivity contribution in [2.24, 2.45) is 4.99 Å². The Hall–Kier alpha value is -1.58. The molecule has 1 aromatic carbocycles. The van der Waals surface area contributed by atoms with Crippen molar-refractivity contribution in [3.63, 3.8) is 0 Å². The lowest BCUT2D eigenvalue weighted by atomic mass is 10.2. The second kappa shape index (κ2) is 15.5. The summed E-state index contributed by atoms with van der Waals surface area (Å²) in [5, 5.41) is 6.45. The van der Waals surface area contributed by atoms with E-state index in [0.29, 0.717) is 18.7 Å². The van der Waals surface area contributed by atoms with E-state index in [1.54, 1.807) is 12.1 Å². The number of halogens is 2. The molecule has 0 aliphatic rings. The lowest BCUT2D eigenvalue weighted by molar-refractivity contribution is -0.140. The number of esters is 1. The highest BCUT2D eigenvalue weighted by Crippen LogP contribution is 2.13. The summed E-state index contributed by atoms with van der Waals surface area (Å²) in [5.74, 6) is 0.906. The van der Waals surface area contributed by atoms with Crippen molar-refractivity contribution in [1.82, 2.24) is 10.6 Å². The number of nitrogens with zero attached hydrogens (tertiary/aromatic N) is 1. The Labute approximate surface area is 178 Å². The number of carbonyl (C=O) groups is 1. The van der Waals surface area contributed by atoms with Crippen LogP contribution in [0, 0.1) is 5.82 Å². The lowest BCUT2D eigenvalue weighted by Crippen LogP contribution is -2.38. The Bertz CT molecular complexity index is 556. The highest BCUT2D eigenvalue weighted by Gasteiger charge is 2.05. The first-order chi connectivity index (χ1) is 12.5. The monoisotopic (exact) mass is 495 g/mol. The maximum Gasteiger partial charge on any atom is 0.305 e. The van der Waals surface area contributed by atoms with Crippen LogP contribution in [0.2, 0.25) is 0 Å². The molecule has 0 bridgehead atoms. The van der Waals surface area contributed by atoms with Crippen molar-refractivity contribution in [3.8, 4) is 5.75 Å². The molecule has 0 aliphatic heterocycles. The van der Waals surface area contributed by atoms with Crippen LogP contribution in [0.4, 0.5) is 4.39 Å². The number of nitrogens with one attached hydrogen (secondary N) is 2. The van der Waals surface area contributed by atoms with Gasteiger partial charge >= 0.3 is 5.97 Å². The van der Waals surface area contributed by atoms with Gasteiger partial charge < -0.3 is 20.1 Å². The van der Waals surface area contributed by atoms with Crippen LogP contribution >= 0.6 is 24.0 Å². The molecular weight excluding hydrogens is 464 g/mol. The second-order valence-corrected chi connectivity index (χ2v) is 5.92.